The Balaban J connectivity index is 1.64. The zero-order valence-electron chi connectivity index (χ0n) is 22.9. The number of rotatable bonds is 7. The molecule has 4 rings (SSSR count). The molecule has 2 fully saturated rings. The number of methoxy groups -OCH3 is 2. The van der Waals surface area contributed by atoms with Crippen molar-refractivity contribution in [3.63, 3.8) is 0 Å². The molecule has 1 aromatic rings. The van der Waals surface area contributed by atoms with Crippen LogP contribution in [-0.4, -0.2) is 60.4 Å². The first kappa shape index (κ1) is 29.6. The number of allylic oxidation sites excluding steroid dienone is 2. The number of aromatic hydroxyl groups is 1. The Bertz CT molecular complexity index is 1230. The van der Waals surface area contributed by atoms with E-state index in [1.165, 1.54) is 7.11 Å². The number of carbonyl (C=O) groups is 3. The smallest absolute Gasteiger partial charge is 0.455 e. The number of halogens is 1. The number of ether oxygens (including phenoxy) is 2. The fourth-order valence-corrected chi connectivity index (χ4v) is 6.88. The van der Waals surface area contributed by atoms with E-state index in [0.29, 0.717) is 33.5 Å². The van der Waals surface area contributed by atoms with Crippen molar-refractivity contribution in [1.29, 1.82) is 0 Å². The van der Waals surface area contributed by atoms with Gasteiger partial charge in [-0.2, -0.15) is 4.90 Å². The van der Waals surface area contributed by atoms with Crippen LogP contribution in [0.15, 0.2) is 28.9 Å². The van der Waals surface area contributed by atoms with Crippen LogP contribution >= 0.6 is 22.6 Å². The molecule has 0 unspecified atom stereocenters. The van der Waals surface area contributed by atoms with Gasteiger partial charge in [0.05, 0.1) is 35.7 Å². The molecular formula is C28H35BINO8. The minimum absolute atomic E-state index is 0.104. The molecule has 2 N–H and O–H groups in total. The van der Waals surface area contributed by atoms with Gasteiger partial charge in [0.1, 0.15) is 0 Å². The van der Waals surface area contributed by atoms with Gasteiger partial charge < -0.3 is 24.3 Å². The first-order valence-electron chi connectivity index (χ1n) is 13.3. The largest absolute Gasteiger partial charge is 0.504 e. The molecule has 3 aliphatic rings. The van der Waals surface area contributed by atoms with Gasteiger partial charge in [-0.15, -0.1) is 0 Å². The molecule has 1 aliphatic carbocycles. The van der Waals surface area contributed by atoms with E-state index in [1.54, 1.807) is 6.07 Å². The number of phenols is 1. The van der Waals surface area contributed by atoms with Crippen LogP contribution in [-0.2, 0) is 19.0 Å². The Morgan fingerprint density at radius 1 is 1.26 bits per heavy atom. The molecule has 0 aromatic heterocycles. The summed E-state index contributed by atoms with van der Waals surface area (Å²) in [5.41, 5.74) is 4.11. The Morgan fingerprint density at radius 2 is 1.97 bits per heavy atom. The van der Waals surface area contributed by atoms with Crippen molar-refractivity contribution in [2.75, 3.05) is 14.2 Å². The van der Waals surface area contributed by atoms with Gasteiger partial charge in [0.15, 0.2) is 11.5 Å². The lowest BCUT2D eigenvalue weighted by atomic mass is 9.57. The molecule has 9 nitrogen and oxygen atoms in total. The minimum atomic E-state index is -1.08. The Hall–Kier alpha value is -2.38. The molecule has 2 aliphatic heterocycles. The maximum atomic E-state index is 13.3. The van der Waals surface area contributed by atoms with Crippen LogP contribution < -0.4 is 4.74 Å². The van der Waals surface area contributed by atoms with E-state index >= 15 is 0 Å². The molecule has 3 amide bonds. The number of hydrogen-bond donors (Lipinski definition) is 2. The molecular weight excluding hydrogens is 616 g/mol. The third-order valence-corrected chi connectivity index (χ3v) is 8.94. The fraction of sp³-hybridized carbons (Fsp3) is 0.536. The maximum absolute atomic E-state index is 13.3. The van der Waals surface area contributed by atoms with Crippen molar-refractivity contribution in [2.45, 2.75) is 58.9 Å². The molecule has 0 bridgehead atoms. The number of phenolic OH excluding ortho intramolecular Hbond substituents is 1. The normalized spacial score (nSPS) is 25.3. The van der Waals surface area contributed by atoms with Crippen molar-refractivity contribution >= 4 is 53.7 Å². The van der Waals surface area contributed by atoms with Gasteiger partial charge >= 0.3 is 13.2 Å². The highest BCUT2D eigenvalue weighted by atomic mass is 127. The summed E-state index contributed by atoms with van der Waals surface area (Å²) >= 11 is 2.07. The second-order valence-electron chi connectivity index (χ2n) is 10.6. The first-order chi connectivity index (χ1) is 18.5. The fourth-order valence-electron chi connectivity index (χ4n) is 6.26. The van der Waals surface area contributed by atoms with E-state index in [2.05, 4.69) is 49.4 Å². The van der Waals surface area contributed by atoms with Crippen LogP contribution in [0.2, 0.25) is 6.32 Å². The summed E-state index contributed by atoms with van der Waals surface area (Å²) < 4.78 is 16.8. The summed E-state index contributed by atoms with van der Waals surface area (Å²) in [5, 5.41) is 20.9. The Kier molecular flexibility index (Phi) is 9.12. The molecule has 4 atom stereocenters. The van der Waals surface area contributed by atoms with Gasteiger partial charge in [0.25, 0.3) is 0 Å². The van der Waals surface area contributed by atoms with Crippen molar-refractivity contribution in [3.05, 3.63) is 38.0 Å². The van der Waals surface area contributed by atoms with Crippen molar-refractivity contribution < 1.29 is 38.6 Å². The predicted molar refractivity (Wildman–Crippen MR) is 154 cm³/mol. The molecule has 39 heavy (non-hydrogen) atoms. The van der Waals surface area contributed by atoms with Crippen LogP contribution in [0, 0.1) is 27.2 Å². The second kappa shape index (κ2) is 12.0. The third kappa shape index (κ3) is 5.62. The van der Waals surface area contributed by atoms with Gasteiger partial charge in [0.2, 0.25) is 11.8 Å². The number of nitrogens with zero attached hydrogens (tertiary/aromatic N) is 1. The third-order valence-electron chi connectivity index (χ3n) is 8.12. The zero-order chi connectivity index (χ0) is 28.6. The van der Waals surface area contributed by atoms with E-state index in [-0.39, 0.29) is 18.0 Å². The van der Waals surface area contributed by atoms with Crippen molar-refractivity contribution in [3.8, 4) is 11.5 Å². The summed E-state index contributed by atoms with van der Waals surface area (Å²) in [7, 11) is 1.59. The second-order valence-corrected chi connectivity index (χ2v) is 11.8. The molecule has 2 saturated heterocycles. The molecule has 0 saturated carbocycles. The number of benzene rings is 1. The minimum Gasteiger partial charge on any atom is -0.504 e. The maximum Gasteiger partial charge on any atom is 0.455 e. The first-order valence-corrected chi connectivity index (χ1v) is 14.4. The van der Waals surface area contributed by atoms with E-state index in [1.807, 2.05) is 6.07 Å². The monoisotopic (exact) mass is 651 g/mol. The standard InChI is InChI=1S/C28H35BINO8/c1-6-15(9-16-10-20(30)25(32)22(11-16)37-4)7-8-21-23-17(14(2)3)12-18-24(19(23)13-29(36)39-21)27(34)31(26(18)33)28(35)38-5/h9-11,14,18-19,21,24,32,36H,6-8,12-13H2,1-5H3/b15-9+/t18-,19+,21-,24-/m1/s1. The van der Waals surface area contributed by atoms with Gasteiger partial charge in [0, 0.05) is 0 Å². The molecule has 11 heteroatoms. The topological polar surface area (TPSA) is 123 Å². The highest BCUT2D eigenvalue weighted by Crippen LogP contribution is 2.52. The number of imide groups is 3. The number of hydrogen-bond acceptors (Lipinski definition) is 8. The zero-order valence-corrected chi connectivity index (χ0v) is 25.1. The quantitative estimate of drug-likeness (QED) is 0.187. The van der Waals surface area contributed by atoms with Crippen molar-refractivity contribution in [2.24, 2.45) is 23.7 Å². The van der Waals surface area contributed by atoms with E-state index < -0.39 is 48.9 Å². The van der Waals surface area contributed by atoms with Crippen LogP contribution in [0.3, 0.4) is 0 Å². The number of amides is 3. The van der Waals surface area contributed by atoms with E-state index in [9.17, 15) is 24.5 Å². The van der Waals surface area contributed by atoms with Gasteiger partial charge in [-0.3, -0.25) is 9.59 Å². The summed E-state index contributed by atoms with van der Waals surface area (Å²) in [6.45, 7) is 6.18. The summed E-state index contributed by atoms with van der Waals surface area (Å²) in [5.74, 6) is -2.22. The highest BCUT2D eigenvalue weighted by Gasteiger charge is 2.59. The van der Waals surface area contributed by atoms with Crippen LogP contribution in [0.4, 0.5) is 4.79 Å². The lowest BCUT2D eigenvalue weighted by molar-refractivity contribution is -0.137. The lowest BCUT2D eigenvalue weighted by Crippen LogP contribution is -2.46. The predicted octanol–water partition coefficient (Wildman–Crippen LogP) is 4.80. The van der Waals surface area contributed by atoms with E-state index in [4.69, 9.17) is 14.1 Å². The molecule has 0 spiro atoms. The van der Waals surface area contributed by atoms with Gasteiger partial charge in [-0.05, 0) is 89.7 Å². The van der Waals surface area contributed by atoms with Crippen LogP contribution in [0.1, 0.15) is 52.0 Å². The molecule has 210 valence electrons. The SMILES string of the molecule is CC/C(=C\c1cc(I)c(O)c(OC)c1)CC[C@H]1OB(O)C[C@H]2C1=C(C(C)C)C[C@H]1C(=O)N(C(=O)OC)C(=O)[C@H]12. The molecule has 0 radical (unpaired) electrons. The number of likely N-dealkylation sites (tertiary alicyclic amines) is 1. The Labute approximate surface area is 242 Å². The average molecular weight is 651 g/mol. The van der Waals surface area contributed by atoms with Crippen LogP contribution in [0.25, 0.3) is 6.08 Å². The molecule has 1 aromatic carbocycles. The van der Waals surface area contributed by atoms with Gasteiger partial charge in [-0.25, -0.2) is 4.79 Å². The summed E-state index contributed by atoms with van der Waals surface area (Å²) in [6.07, 6.45) is 3.33. The lowest BCUT2D eigenvalue weighted by Gasteiger charge is -2.44. The van der Waals surface area contributed by atoms with Gasteiger partial charge in [-0.1, -0.05) is 38.0 Å². The summed E-state index contributed by atoms with van der Waals surface area (Å²) in [6, 6.07) is 3.68. The Morgan fingerprint density at radius 3 is 2.59 bits per heavy atom. The number of fused-ring (bicyclic) bond motifs is 3. The number of carbonyl (C=O) groups excluding carboxylic acids is 3. The summed E-state index contributed by atoms with van der Waals surface area (Å²) in [4.78, 5) is 39.4. The van der Waals surface area contributed by atoms with E-state index in [0.717, 1.165) is 35.8 Å². The van der Waals surface area contributed by atoms with Crippen LogP contribution in [0.5, 0.6) is 11.5 Å². The molecule has 2 heterocycles. The van der Waals surface area contributed by atoms with Crippen molar-refractivity contribution in [1.82, 2.24) is 4.90 Å². The highest BCUT2D eigenvalue weighted by molar-refractivity contribution is 14.1. The average Bonchev–Trinajstić information content (AvgIpc) is 3.16.